The third kappa shape index (κ3) is 4.64. The lowest BCUT2D eigenvalue weighted by Gasteiger charge is -2.25. The van der Waals surface area contributed by atoms with Gasteiger partial charge in [-0.15, -0.1) is 11.3 Å². The second kappa shape index (κ2) is 9.26. The van der Waals surface area contributed by atoms with Gasteiger partial charge in [-0.1, -0.05) is 36.4 Å². The van der Waals surface area contributed by atoms with Crippen molar-refractivity contribution < 1.29 is 0 Å². The lowest BCUT2D eigenvalue weighted by atomic mass is 9.95. The van der Waals surface area contributed by atoms with Gasteiger partial charge in [0.15, 0.2) is 0 Å². The molecule has 3 aromatic carbocycles. The summed E-state index contributed by atoms with van der Waals surface area (Å²) in [6, 6.07) is 26.3. The molecule has 4 nitrogen and oxygen atoms in total. The molecule has 0 saturated heterocycles. The van der Waals surface area contributed by atoms with Gasteiger partial charge < -0.3 is 4.90 Å². The average molecular weight is 421 g/mol. The van der Waals surface area contributed by atoms with Crippen LogP contribution in [0.2, 0.25) is 0 Å². The molecular weight excluding hydrogens is 400 g/mol. The molecule has 0 saturated carbocycles. The van der Waals surface area contributed by atoms with E-state index in [1.54, 1.807) is 11.3 Å². The molecule has 31 heavy (non-hydrogen) atoms. The van der Waals surface area contributed by atoms with Crippen molar-refractivity contribution in [2.45, 2.75) is 20.0 Å². The van der Waals surface area contributed by atoms with E-state index in [1.165, 1.54) is 0 Å². The van der Waals surface area contributed by atoms with Crippen LogP contribution in [-0.2, 0) is 13.1 Å². The fraction of sp³-hybridized carbons (Fsp3) is 0.115. The van der Waals surface area contributed by atoms with Crippen molar-refractivity contribution >= 4 is 17.0 Å². The van der Waals surface area contributed by atoms with Crippen LogP contribution in [0.25, 0.3) is 11.1 Å². The molecule has 0 spiro atoms. The molecule has 4 rings (SSSR count). The molecule has 5 heteroatoms. The third-order valence-electron chi connectivity index (χ3n) is 5.21. The van der Waals surface area contributed by atoms with Crippen molar-refractivity contribution in [2.24, 2.45) is 0 Å². The monoisotopic (exact) mass is 420 g/mol. The Morgan fingerprint density at radius 3 is 2.39 bits per heavy atom. The van der Waals surface area contributed by atoms with E-state index in [0.29, 0.717) is 24.2 Å². The smallest absolute Gasteiger partial charge is 0.0998 e. The first-order chi connectivity index (χ1) is 15.2. The van der Waals surface area contributed by atoms with Crippen molar-refractivity contribution in [1.29, 1.82) is 10.5 Å². The van der Waals surface area contributed by atoms with Crippen LogP contribution in [0.15, 0.2) is 78.4 Å². The highest BCUT2D eigenvalue weighted by molar-refractivity contribution is 7.09. The minimum Gasteiger partial charge on any atom is -0.362 e. The molecule has 0 fully saturated rings. The lowest BCUT2D eigenvalue weighted by Crippen LogP contribution is -2.21. The lowest BCUT2D eigenvalue weighted by molar-refractivity contribution is 0.808. The van der Waals surface area contributed by atoms with Crippen molar-refractivity contribution in [3.05, 3.63) is 106 Å². The largest absolute Gasteiger partial charge is 0.362 e. The fourth-order valence-corrected chi connectivity index (χ4v) is 4.19. The quantitative estimate of drug-likeness (QED) is 0.380. The number of aryl methyl sites for hydroxylation is 1. The Kier molecular flexibility index (Phi) is 6.08. The predicted octanol–water partition coefficient (Wildman–Crippen LogP) is 6.07. The number of rotatable bonds is 6. The number of nitriles is 2. The summed E-state index contributed by atoms with van der Waals surface area (Å²) in [6.45, 7) is 3.46. The summed E-state index contributed by atoms with van der Waals surface area (Å²) in [5, 5.41) is 18.8. The first-order valence-corrected chi connectivity index (χ1v) is 10.8. The number of thiazole rings is 1. The summed E-state index contributed by atoms with van der Waals surface area (Å²) in [7, 11) is 0. The van der Waals surface area contributed by atoms with Crippen molar-refractivity contribution in [2.75, 3.05) is 4.90 Å². The van der Waals surface area contributed by atoms with E-state index in [-0.39, 0.29) is 0 Å². The standard InChI is InChI=1S/C26H20N4S/c1-19-4-2-3-5-25(19)26-12-23(11-10-22(26)14-28)30(17-24-15-29-18-31-24)16-21-8-6-20(13-27)7-9-21/h2-12,15,18H,16-17H2,1H3. The number of nitrogens with zero attached hydrogens (tertiary/aromatic N) is 4. The van der Waals surface area contributed by atoms with E-state index in [2.05, 4.69) is 47.1 Å². The second-order valence-electron chi connectivity index (χ2n) is 7.29. The van der Waals surface area contributed by atoms with Gasteiger partial charge >= 0.3 is 0 Å². The second-order valence-corrected chi connectivity index (χ2v) is 8.26. The fourth-order valence-electron chi connectivity index (χ4n) is 3.58. The molecule has 0 aliphatic carbocycles. The van der Waals surface area contributed by atoms with Crippen LogP contribution >= 0.6 is 11.3 Å². The minimum atomic E-state index is 0.651. The van der Waals surface area contributed by atoms with E-state index in [4.69, 9.17) is 5.26 Å². The number of benzene rings is 3. The van der Waals surface area contributed by atoms with Crippen LogP contribution in [0.3, 0.4) is 0 Å². The van der Waals surface area contributed by atoms with Crippen molar-refractivity contribution in [1.82, 2.24) is 4.98 Å². The van der Waals surface area contributed by atoms with Gasteiger partial charge in [0.25, 0.3) is 0 Å². The first-order valence-electron chi connectivity index (χ1n) is 9.89. The van der Waals surface area contributed by atoms with Crippen LogP contribution < -0.4 is 4.90 Å². The summed E-state index contributed by atoms with van der Waals surface area (Å²) in [6.07, 6.45) is 1.89. The van der Waals surface area contributed by atoms with Gasteiger partial charge in [0.05, 0.1) is 35.3 Å². The molecule has 0 N–H and O–H groups in total. The van der Waals surface area contributed by atoms with Crippen LogP contribution in [-0.4, -0.2) is 4.98 Å². The molecule has 0 bridgehead atoms. The molecule has 0 radical (unpaired) electrons. The first kappa shape index (κ1) is 20.3. The van der Waals surface area contributed by atoms with Gasteiger partial charge in [-0.05, 0) is 53.9 Å². The van der Waals surface area contributed by atoms with Gasteiger partial charge in [0.2, 0.25) is 0 Å². The number of anilines is 1. The van der Waals surface area contributed by atoms with Crippen LogP contribution in [0.4, 0.5) is 5.69 Å². The molecule has 0 aliphatic heterocycles. The third-order valence-corrected chi connectivity index (χ3v) is 5.98. The Labute approximate surface area is 186 Å². The number of hydrogen-bond acceptors (Lipinski definition) is 5. The molecule has 0 aliphatic rings. The Morgan fingerprint density at radius 1 is 0.903 bits per heavy atom. The Hall–Kier alpha value is -3.93. The molecule has 1 aromatic heterocycles. The minimum absolute atomic E-state index is 0.651. The summed E-state index contributed by atoms with van der Waals surface area (Å²) in [5.41, 5.74) is 8.45. The summed E-state index contributed by atoms with van der Waals surface area (Å²) in [5.74, 6) is 0. The molecule has 4 aromatic rings. The Bertz CT molecular complexity index is 1260. The maximum atomic E-state index is 9.70. The van der Waals surface area contributed by atoms with E-state index in [1.807, 2.05) is 60.2 Å². The van der Waals surface area contributed by atoms with Gasteiger partial charge in [-0.3, -0.25) is 4.98 Å². The zero-order chi connectivity index (χ0) is 21.6. The maximum Gasteiger partial charge on any atom is 0.0998 e. The van der Waals surface area contributed by atoms with Gasteiger partial charge in [0, 0.05) is 28.9 Å². The highest BCUT2D eigenvalue weighted by Gasteiger charge is 2.14. The Morgan fingerprint density at radius 2 is 1.71 bits per heavy atom. The predicted molar refractivity (Wildman–Crippen MR) is 124 cm³/mol. The van der Waals surface area contributed by atoms with Crippen LogP contribution in [0.1, 0.15) is 27.1 Å². The van der Waals surface area contributed by atoms with Gasteiger partial charge in [-0.25, -0.2) is 0 Å². The van der Waals surface area contributed by atoms with E-state index in [9.17, 15) is 5.26 Å². The summed E-state index contributed by atoms with van der Waals surface area (Å²) < 4.78 is 0. The van der Waals surface area contributed by atoms with E-state index >= 15 is 0 Å². The zero-order valence-corrected chi connectivity index (χ0v) is 17.9. The van der Waals surface area contributed by atoms with Crippen LogP contribution in [0, 0.1) is 29.6 Å². The Balaban J connectivity index is 1.75. The normalized spacial score (nSPS) is 10.3. The highest BCUT2D eigenvalue weighted by Crippen LogP contribution is 2.32. The van der Waals surface area contributed by atoms with Gasteiger partial charge in [0.1, 0.15) is 0 Å². The molecule has 0 amide bonds. The topological polar surface area (TPSA) is 63.7 Å². The summed E-state index contributed by atoms with van der Waals surface area (Å²) in [4.78, 5) is 7.65. The molecule has 1 heterocycles. The number of aromatic nitrogens is 1. The number of hydrogen-bond donors (Lipinski definition) is 0. The molecule has 0 atom stereocenters. The van der Waals surface area contributed by atoms with Crippen molar-refractivity contribution in [3.8, 4) is 23.3 Å². The molecule has 150 valence electrons. The van der Waals surface area contributed by atoms with Crippen molar-refractivity contribution in [3.63, 3.8) is 0 Å². The average Bonchev–Trinajstić information content (AvgIpc) is 3.32. The van der Waals surface area contributed by atoms with Gasteiger partial charge in [-0.2, -0.15) is 10.5 Å². The molecular formula is C26H20N4S. The maximum absolute atomic E-state index is 9.70. The van der Waals surface area contributed by atoms with E-state index in [0.717, 1.165) is 32.8 Å². The SMILES string of the molecule is Cc1ccccc1-c1cc(N(Cc2ccc(C#N)cc2)Cc2cncs2)ccc1C#N. The van der Waals surface area contributed by atoms with Crippen LogP contribution in [0.5, 0.6) is 0 Å². The highest BCUT2D eigenvalue weighted by atomic mass is 32.1. The zero-order valence-electron chi connectivity index (χ0n) is 17.1. The molecule has 0 unspecified atom stereocenters. The van der Waals surface area contributed by atoms with E-state index < -0.39 is 0 Å². The summed E-state index contributed by atoms with van der Waals surface area (Å²) >= 11 is 1.63.